The molecule has 1 aliphatic heterocycles. The molecular formula is C28H26F3N5O4S. The maximum atomic E-state index is 15.5. The van der Waals surface area contributed by atoms with E-state index in [-0.39, 0.29) is 64.7 Å². The van der Waals surface area contributed by atoms with E-state index in [0.717, 1.165) is 23.1 Å². The molecule has 214 valence electrons. The number of anilines is 2. The first-order chi connectivity index (χ1) is 19.4. The third-order valence-corrected chi connectivity index (χ3v) is 6.70. The van der Waals surface area contributed by atoms with E-state index in [0.29, 0.717) is 6.08 Å². The zero-order chi connectivity index (χ0) is 30.1. The van der Waals surface area contributed by atoms with Crippen LogP contribution >= 0.6 is 12.2 Å². The van der Waals surface area contributed by atoms with Crippen LogP contribution in [0.2, 0.25) is 0 Å². The number of amides is 1. The van der Waals surface area contributed by atoms with Gasteiger partial charge in [-0.1, -0.05) is 6.08 Å². The van der Waals surface area contributed by atoms with Gasteiger partial charge in [0.05, 0.1) is 35.9 Å². The van der Waals surface area contributed by atoms with Gasteiger partial charge in [0.15, 0.2) is 10.9 Å². The molecule has 0 aliphatic carbocycles. The van der Waals surface area contributed by atoms with Gasteiger partial charge in [0.25, 0.3) is 11.8 Å². The molecule has 0 bridgehead atoms. The third kappa shape index (κ3) is 5.28. The monoisotopic (exact) mass is 585 g/mol. The number of aromatic nitrogens is 2. The fourth-order valence-corrected chi connectivity index (χ4v) is 5.03. The summed E-state index contributed by atoms with van der Waals surface area (Å²) in [6.45, 7) is 6.00. The Bertz CT molecular complexity index is 1610. The van der Waals surface area contributed by atoms with Gasteiger partial charge in [-0.05, 0) is 76.3 Å². The summed E-state index contributed by atoms with van der Waals surface area (Å²) in [4.78, 5) is 24.4. The molecule has 0 radical (unpaired) electrons. The molecule has 0 unspecified atom stereocenters. The van der Waals surface area contributed by atoms with Gasteiger partial charge in [-0.3, -0.25) is 9.69 Å². The highest BCUT2D eigenvalue weighted by Crippen LogP contribution is 2.41. The van der Waals surface area contributed by atoms with E-state index < -0.39 is 28.7 Å². The molecule has 0 spiro atoms. The summed E-state index contributed by atoms with van der Waals surface area (Å²) in [5.74, 6) is -4.89. The number of carbonyl (C=O) groups excluding carboxylic acids is 1. The van der Waals surface area contributed by atoms with Crippen LogP contribution in [-0.4, -0.2) is 51.5 Å². The molecule has 0 saturated carbocycles. The van der Waals surface area contributed by atoms with Crippen molar-refractivity contribution in [2.24, 2.45) is 0 Å². The summed E-state index contributed by atoms with van der Waals surface area (Å²) >= 11 is 5.65. The fraction of sp³-hybridized carbons (Fsp3) is 0.321. The van der Waals surface area contributed by atoms with Gasteiger partial charge in [0.1, 0.15) is 17.7 Å². The molecule has 13 heteroatoms. The Hall–Kier alpha value is -4.28. The van der Waals surface area contributed by atoms with Gasteiger partial charge in [-0.2, -0.15) is 24.0 Å². The number of allylic oxidation sites excluding steroid dienone is 2. The lowest BCUT2D eigenvalue weighted by Gasteiger charge is -2.29. The van der Waals surface area contributed by atoms with E-state index in [1.807, 2.05) is 0 Å². The summed E-state index contributed by atoms with van der Waals surface area (Å²) in [5, 5.41) is 18.7. The number of ether oxygens (including phenoxy) is 2. The third-order valence-electron chi connectivity index (χ3n) is 6.33. The first kappa shape index (κ1) is 29.7. The number of alkyl halides is 2. The van der Waals surface area contributed by atoms with Crippen molar-refractivity contribution in [3.8, 4) is 18.0 Å². The summed E-state index contributed by atoms with van der Waals surface area (Å²) in [5.41, 5.74) is -2.18. The van der Waals surface area contributed by atoms with E-state index in [4.69, 9.17) is 21.7 Å². The number of aliphatic hydroxyl groups is 1. The number of nitriles is 1. The van der Waals surface area contributed by atoms with Crippen molar-refractivity contribution in [2.45, 2.75) is 39.2 Å². The van der Waals surface area contributed by atoms with Gasteiger partial charge in [0.2, 0.25) is 5.88 Å². The number of hydrogen-bond donors (Lipinski definition) is 1. The normalized spacial score (nSPS) is 15.2. The average Bonchev–Trinajstić information content (AvgIpc) is 3.10. The molecule has 3 aromatic rings. The molecule has 2 heterocycles. The van der Waals surface area contributed by atoms with Crippen molar-refractivity contribution in [1.29, 1.82) is 5.26 Å². The number of halogens is 3. The highest BCUT2D eigenvalue weighted by Gasteiger charge is 2.51. The standard InChI is InChI=1S/C28H26F3N5O4S/c1-5-9-28(30,31)20-13-17(8-7-16(20)15-32)35-24(38)27(3,4)36(26(35)41)18-12-19-22(21(29)14-18)33-25(39-6-2)34-23(19)40-11-10-37/h5,7-9,12-14,37H,6,10-11H2,1-4H3/b9-5+. The van der Waals surface area contributed by atoms with Crippen molar-refractivity contribution < 1.29 is 32.5 Å². The number of fused-ring (bicyclic) bond motifs is 1. The minimum absolute atomic E-state index is 0.0201. The van der Waals surface area contributed by atoms with E-state index in [1.165, 1.54) is 30.0 Å². The Morgan fingerprint density at radius 3 is 2.56 bits per heavy atom. The van der Waals surface area contributed by atoms with Crippen LogP contribution in [0.3, 0.4) is 0 Å². The summed E-state index contributed by atoms with van der Waals surface area (Å²) in [6.07, 6.45) is 1.82. The zero-order valence-electron chi connectivity index (χ0n) is 22.6. The van der Waals surface area contributed by atoms with E-state index >= 15 is 4.39 Å². The smallest absolute Gasteiger partial charge is 0.320 e. The van der Waals surface area contributed by atoms with E-state index in [9.17, 15) is 23.9 Å². The summed E-state index contributed by atoms with van der Waals surface area (Å²) < 4.78 is 56.1. The van der Waals surface area contributed by atoms with Crippen molar-refractivity contribution in [3.63, 3.8) is 0 Å². The topological polar surface area (TPSA) is 112 Å². The molecule has 0 atom stereocenters. The molecule has 4 rings (SSSR count). The van der Waals surface area contributed by atoms with Crippen LogP contribution in [0.5, 0.6) is 11.9 Å². The molecule has 2 aromatic carbocycles. The van der Waals surface area contributed by atoms with Crippen LogP contribution in [0.15, 0.2) is 42.5 Å². The lowest BCUT2D eigenvalue weighted by molar-refractivity contribution is -0.120. The minimum atomic E-state index is -3.48. The maximum absolute atomic E-state index is 15.5. The van der Waals surface area contributed by atoms with Crippen LogP contribution in [0.4, 0.5) is 24.5 Å². The minimum Gasteiger partial charge on any atom is -0.475 e. The van der Waals surface area contributed by atoms with Crippen LogP contribution < -0.4 is 19.3 Å². The second kappa shape index (κ2) is 11.3. The molecular weight excluding hydrogens is 559 g/mol. The Labute approximate surface area is 239 Å². The first-order valence-electron chi connectivity index (χ1n) is 12.5. The first-order valence-corrected chi connectivity index (χ1v) is 12.9. The SMILES string of the molecule is C/C=C/C(F)(F)c1cc(N2C(=O)C(C)(C)N(c3cc(F)c4nc(OCC)nc(OCCO)c4c3)C2=S)ccc1C#N. The molecule has 9 nitrogen and oxygen atoms in total. The van der Waals surface area contributed by atoms with Crippen LogP contribution in [0.1, 0.15) is 38.8 Å². The number of carbonyl (C=O) groups is 1. The van der Waals surface area contributed by atoms with Gasteiger partial charge < -0.3 is 19.5 Å². The zero-order valence-corrected chi connectivity index (χ0v) is 23.4. The number of rotatable bonds is 9. The van der Waals surface area contributed by atoms with Crippen molar-refractivity contribution in [1.82, 2.24) is 9.97 Å². The van der Waals surface area contributed by atoms with Gasteiger partial charge in [0, 0.05) is 11.3 Å². The Kier molecular flexibility index (Phi) is 8.19. The van der Waals surface area contributed by atoms with Gasteiger partial charge in [-0.25, -0.2) is 4.39 Å². The number of aliphatic hydroxyl groups excluding tert-OH is 1. The van der Waals surface area contributed by atoms with Crippen LogP contribution in [0.25, 0.3) is 10.9 Å². The molecule has 41 heavy (non-hydrogen) atoms. The summed E-state index contributed by atoms with van der Waals surface area (Å²) in [6, 6.07) is 7.85. The number of thiocarbonyl (C=S) groups is 1. The number of nitrogens with zero attached hydrogens (tertiary/aromatic N) is 5. The summed E-state index contributed by atoms with van der Waals surface area (Å²) in [7, 11) is 0. The quantitative estimate of drug-likeness (QED) is 0.274. The lowest BCUT2D eigenvalue weighted by atomic mass is 9.99. The van der Waals surface area contributed by atoms with Crippen molar-refractivity contribution >= 4 is 45.5 Å². The van der Waals surface area contributed by atoms with Crippen LogP contribution in [0, 0.1) is 17.1 Å². The molecule has 1 saturated heterocycles. The van der Waals surface area contributed by atoms with E-state index in [1.54, 1.807) is 26.8 Å². The fourth-order valence-electron chi connectivity index (χ4n) is 4.50. The number of hydrogen-bond acceptors (Lipinski definition) is 8. The Morgan fingerprint density at radius 2 is 1.93 bits per heavy atom. The molecule has 1 amide bonds. The number of benzene rings is 2. The van der Waals surface area contributed by atoms with Gasteiger partial charge >= 0.3 is 6.01 Å². The largest absolute Gasteiger partial charge is 0.475 e. The van der Waals surface area contributed by atoms with Crippen molar-refractivity contribution in [2.75, 3.05) is 29.6 Å². The highest BCUT2D eigenvalue weighted by atomic mass is 32.1. The van der Waals surface area contributed by atoms with Crippen molar-refractivity contribution in [3.05, 3.63) is 59.4 Å². The predicted octanol–water partition coefficient (Wildman–Crippen LogP) is 4.99. The highest BCUT2D eigenvalue weighted by molar-refractivity contribution is 7.81. The molecule has 1 N–H and O–H groups in total. The second-order valence-corrected chi connectivity index (χ2v) is 9.79. The predicted molar refractivity (Wildman–Crippen MR) is 150 cm³/mol. The molecule has 1 fully saturated rings. The van der Waals surface area contributed by atoms with Gasteiger partial charge in [-0.15, -0.1) is 0 Å². The maximum Gasteiger partial charge on any atom is 0.320 e. The van der Waals surface area contributed by atoms with E-state index in [2.05, 4.69) is 9.97 Å². The lowest BCUT2D eigenvalue weighted by Crippen LogP contribution is -2.44. The molecule has 1 aliphatic rings. The molecule has 1 aromatic heterocycles. The average molecular weight is 586 g/mol. The Morgan fingerprint density at radius 1 is 1.20 bits per heavy atom. The Balaban J connectivity index is 1.86. The van der Waals surface area contributed by atoms with Crippen LogP contribution in [-0.2, 0) is 10.7 Å². The second-order valence-electron chi connectivity index (χ2n) is 9.42.